The fourth-order valence-corrected chi connectivity index (χ4v) is 5.42. The molecule has 1 fully saturated rings. The monoisotopic (exact) mass is 539 g/mol. The van der Waals surface area contributed by atoms with Gasteiger partial charge in [0.25, 0.3) is 0 Å². The van der Waals surface area contributed by atoms with E-state index in [2.05, 4.69) is 61.7 Å². The van der Waals surface area contributed by atoms with Crippen LogP contribution in [0.1, 0.15) is 42.3 Å². The number of fused-ring (bicyclic) bond motifs is 1. The average molecular weight is 539 g/mol. The summed E-state index contributed by atoms with van der Waals surface area (Å²) in [5.41, 5.74) is 10.1. The SMILES string of the molecule is N=C(c1ncc(N2CC[C@H](I)C[C@H]2c2ccccc2)nc1N)N1CCCc2ncccc21. The van der Waals surface area contributed by atoms with Gasteiger partial charge in [-0.25, -0.2) is 9.97 Å². The molecule has 7 nitrogen and oxygen atoms in total. The van der Waals surface area contributed by atoms with Gasteiger partial charge >= 0.3 is 0 Å². The molecule has 2 atom stereocenters. The molecule has 3 aromatic rings. The molecule has 5 rings (SSSR count). The normalized spacial score (nSPS) is 20.7. The lowest BCUT2D eigenvalue weighted by Crippen LogP contribution is -2.39. The second-order valence-corrected chi connectivity index (χ2v) is 10.0. The van der Waals surface area contributed by atoms with Crippen molar-refractivity contribution in [2.45, 2.75) is 35.6 Å². The zero-order valence-electron chi connectivity index (χ0n) is 17.8. The van der Waals surface area contributed by atoms with Crippen molar-refractivity contribution >= 4 is 45.7 Å². The minimum absolute atomic E-state index is 0.242. The summed E-state index contributed by atoms with van der Waals surface area (Å²) < 4.78 is 0.625. The number of pyridine rings is 1. The zero-order chi connectivity index (χ0) is 22.1. The summed E-state index contributed by atoms with van der Waals surface area (Å²) in [5, 5.41) is 8.81. The number of amidine groups is 1. The first kappa shape index (κ1) is 21.1. The Hall–Kier alpha value is -2.75. The number of alkyl halides is 1. The fraction of sp³-hybridized carbons (Fsp3) is 0.333. The summed E-state index contributed by atoms with van der Waals surface area (Å²) in [6.45, 7) is 1.66. The van der Waals surface area contributed by atoms with Gasteiger partial charge in [-0.15, -0.1) is 0 Å². The smallest absolute Gasteiger partial charge is 0.155 e. The van der Waals surface area contributed by atoms with Crippen LogP contribution in [0.15, 0.2) is 54.9 Å². The summed E-state index contributed by atoms with van der Waals surface area (Å²) >= 11 is 2.55. The number of benzene rings is 1. The molecule has 8 heteroatoms. The highest BCUT2D eigenvalue weighted by Crippen LogP contribution is 2.37. The number of nitrogen functional groups attached to an aromatic ring is 1. The summed E-state index contributed by atoms with van der Waals surface area (Å²) in [5.74, 6) is 1.35. The third-order valence-electron chi connectivity index (χ3n) is 6.25. The van der Waals surface area contributed by atoms with Crippen molar-refractivity contribution in [3.8, 4) is 0 Å². The number of aromatic nitrogens is 3. The molecule has 1 aromatic carbocycles. The number of nitrogens with zero attached hydrogens (tertiary/aromatic N) is 5. The van der Waals surface area contributed by atoms with E-state index < -0.39 is 0 Å². The molecular formula is C24H26IN7. The predicted octanol–water partition coefficient (Wildman–Crippen LogP) is 4.38. The molecule has 0 amide bonds. The fourth-order valence-electron chi connectivity index (χ4n) is 4.66. The summed E-state index contributed by atoms with van der Waals surface area (Å²) in [7, 11) is 0. The highest BCUT2D eigenvalue weighted by molar-refractivity contribution is 14.1. The molecule has 3 N–H and O–H groups in total. The molecular weight excluding hydrogens is 513 g/mol. The number of anilines is 3. The van der Waals surface area contributed by atoms with Gasteiger partial charge in [-0.1, -0.05) is 52.9 Å². The van der Waals surface area contributed by atoms with Gasteiger partial charge in [-0.2, -0.15) is 0 Å². The molecule has 2 aliphatic rings. The van der Waals surface area contributed by atoms with Gasteiger partial charge in [0.2, 0.25) is 0 Å². The first-order valence-corrected chi connectivity index (χ1v) is 12.2. The molecule has 2 aromatic heterocycles. The Morgan fingerprint density at radius 1 is 1.09 bits per heavy atom. The molecule has 0 radical (unpaired) electrons. The maximum Gasteiger partial charge on any atom is 0.155 e. The highest BCUT2D eigenvalue weighted by atomic mass is 127. The zero-order valence-corrected chi connectivity index (χ0v) is 19.9. The van der Waals surface area contributed by atoms with Crippen LogP contribution in [-0.4, -0.2) is 37.8 Å². The number of nitrogens with two attached hydrogens (primary N) is 1. The van der Waals surface area contributed by atoms with E-state index in [-0.39, 0.29) is 11.9 Å². The molecule has 0 spiro atoms. The Bertz CT molecular complexity index is 1120. The van der Waals surface area contributed by atoms with E-state index >= 15 is 0 Å². The standard InChI is InChI=1S/C24H26IN7/c25-17-10-13-31(20(14-17)16-6-2-1-3-7-16)21-15-29-22(23(26)30-21)24(27)32-12-5-8-18-19(32)9-4-11-28-18/h1-4,6-7,9,11,15,17,20,27H,5,8,10,12-14H2,(H2,26,30)/t17-,20-/m0/s1. The molecule has 0 unspecified atom stereocenters. The number of rotatable bonds is 3. The van der Waals surface area contributed by atoms with Crippen molar-refractivity contribution in [1.29, 1.82) is 5.41 Å². The van der Waals surface area contributed by atoms with Gasteiger partial charge in [0, 0.05) is 23.2 Å². The van der Waals surface area contributed by atoms with Crippen LogP contribution in [0.2, 0.25) is 0 Å². The predicted molar refractivity (Wildman–Crippen MR) is 137 cm³/mol. The van der Waals surface area contributed by atoms with E-state index in [0.717, 1.165) is 56.0 Å². The van der Waals surface area contributed by atoms with Gasteiger partial charge in [0.15, 0.2) is 11.7 Å². The number of hydrogen-bond donors (Lipinski definition) is 2. The first-order valence-electron chi connectivity index (χ1n) is 11.0. The molecule has 0 aliphatic carbocycles. The van der Waals surface area contributed by atoms with E-state index in [9.17, 15) is 0 Å². The number of hydrogen-bond acceptors (Lipinski definition) is 6. The Balaban J connectivity index is 1.44. The lowest BCUT2D eigenvalue weighted by atomic mass is 9.95. The third-order valence-corrected chi connectivity index (χ3v) is 7.38. The minimum atomic E-state index is 0.242. The summed E-state index contributed by atoms with van der Waals surface area (Å²) in [4.78, 5) is 18.1. The van der Waals surface area contributed by atoms with Gasteiger partial charge in [-0.05, 0) is 43.4 Å². The minimum Gasteiger partial charge on any atom is -0.382 e. The van der Waals surface area contributed by atoms with Crippen molar-refractivity contribution in [3.05, 3.63) is 71.8 Å². The summed E-state index contributed by atoms with van der Waals surface area (Å²) in [6, 6.07) is 14.7. The van der Waals surface area contributed by atoms with E-state index in [4.69, 9.17) is 16.1 Å². The van der Waals surface area contributed by atoms with Gasteiger partial charge in [-0.3, -0.25) is 10.4 Å². The Labute approximate surface area is 201 Å². The second kappa shape index (κ2) is 9.01. The maximum absolute atomic E-state index is 8.81. The van der Waals surface area contributed by atoms with E-state index in [1.54, 1.807) is 12.4 Å². The van der Waals surface area contributed by atoms with E-state index in [1.807, 2.05) is 23.1 Å². The molecule has 0 bridgehead atoms. The van der Waals surface area contributed by atoms with Crippen LogP contribution in [0.5, 0.6) is 0 Å². The molecule has 0 saturated carbocycles. The van der Waals surface area contributed by atoms with Crippen molar-refractivity contribution in [2.75, 3.05) is 28.6 Å². The Morgan fingerprint density at radius 3 is 2.75 bits per heavy atom. The highest BCUT2D eigenvalue weighted by Gasteiger charge is 2.30. The van der Waals surface area contributed by atoms with Crippen molar-refractivity contribution in [1.82, 2.24) is 15.0 Å². The van der Waals surface area contributed by atoms with Gasteiger partial charge in [0.1, 0.15) is 11.5 Å². The average Bonchev–Trinajstić information content (AvgIpc) is 2.84. The Kier molecular flexibility index (Phi) is 5.95. The van der Waals surface area contributed by atoms with Crippen LogP contribution in [-0.2, 0) is 6.42 Å². The first-order chi connectivity index (χ1) is 15.6. The van der Waals surface area contributed by atoms with Crippen LogP contribution in [0.3, 0.4) is 0 Å². The maximum atomic E-state index is 8.81. The summed E-state index contributed by atoms with van der Waals surface area (Å²) in [6.07, 6.45) is 7.60. The lowest BCUT2D eigenvalue weighted by Gasteiger charge is -2.39. The second-order valence-electron chi connectivity index (χ2n) is 8.28. The molecule has 4 heterocycles. The van der Waals surface area contributed by atoms with Crippen LogP contribution in [0, 0.1) is 5.41 Å². The van der Waals surface area contributed by atoms with Crippen LogP contribution in [0.4, 0.5) is 17.3 Å². The van der Waals surface area contributed by atoms with Crippen molar-refractivity contribution in [2.24, 2.45) is 0 Å². The molecule has 1 saturated heterocycles. The number of aryl methyl sites for hydroxylation is 1. The number of piperidine rings is 1. The van der Waals surface area contributed by atoms with Crippen molar-refractivity contribution in [3.63, 3.8) is 0 Å². The number of halogens is 1. The molecule has 2 aliphatic heterocycles. The molecule has 164 valence electrons. The van der Waals surface area contributed by atoms with Crippen LogP contribution >= 0.6 is 22.6 Å². The van der Waals surface area contributed by atoms with E-state index in [1.165, 1.54) is 5.56 Å². The van der Waals surface area contributed by atoms with Gasteiger partial charge < -0.3 is 15.5 Å². The lowest BCUT2D eigenvalue weighted by molar-refractivity contribution is 0.489. The quantitative estimate of drug-likeness (QED) is 0.222. The number of nitrogens with one attached hydrogen (secondary N) is 1. The van der Waals surface area contributed by atoms with E-state index in [0.29, 0.717) is 15.4 Å². The molecule has 32 heavy (non-hydrogen) atoms. The van der Waals surface area contributed by atoms with Crippen molar-refractivity contribution < 1.29 is 0 Å². The third kappa shape index (κ3) is 4.03. The van der Waals surface area contributed by atoms with Gasteiger partial charge in [0.05, 0.1) is 23.6 Å². The topological polar surface area (TPSA) is 95.0 Å². The largest absolute Gasteiger partial charge is 0.382 e. The van der Waals surface area contributed by atoms with Crippen LogP contribution < -0.4 is 15.5 Å². The Morgan fingerprint density at radius 2 is 1.94 bits per heavy atom. The van der Waals surface area contributed by atoms with Crippen LogP contribution in [0.25, 0.3) is 0 Å².